The van der Waals surface area contributed by atoms with Gasteiger partial charge in [-0.15, -0.1) is 0 Å². The number of nitrogens with zero attached hydrogens (tertiary/aromatic N) is 1. The van der Waals surface area contributed by atoms with Gasteiger partial charge in [-0.1, -0.05) is 12.1 Å². The molecule has 0 heterocycles. The molecule has 0 saturated carbocycles. The summed E-state index contributed by atoms with van der Waals surface area (Å²) >= 11 is 0. The SMILES string of the molecule is CN(C)c1ccc(NC(=O)COC(=O)Cc2cccc(F)c2)cc1. The minimum atomic E-state index is -0.585. The third-order valence-electron chi connectivity index (χ3n) is 3.27. The van der Waals surface area contributed by atoms with Crippen molar-refractivity contribution < 1.29 is 18.7 Å². The fraction of sp³-hybridized carbons (Fsp3) is 0.222. The van der Waals surface area contributed by atoms with Gasteiger partial charge in [-0.05, 0) is 42.0 Å². The normalized spacial score (nSPS) is 10.1. The van der Waals surface area contributed by atoms with Gasteiger partial charge in [0, 0.05) is 25.5 Å². The maximum atomic E-state index is 13.0. The molecule has 0 bridgehead atoms. The Hall–Kier alpha value is -2.89. The average molecular weight is 330 g/mol. The van der Waals surface area contributed by atoms with Crippen LogP contribution < -0.4 is 10.2 Å². The number of benzene rings is 2. The molecule has 0 radical (unpaired) electrons. The molecule has 24 heavy (non-hydrogen) atoms. The Kier molecular flexibility index (Phi) is 5.89. The van der Waals surface area contributed by atoms with Crippen LogP contribution in [-0.2, 0) is 20.7 Å². The number of rotatable bonds is 6. The molecular weight excluding hydrogens is 311 g/mol. The summed E-state index contributed by atoms with van der Waals surface area (Å²) in [5.41, 5.74) is 2.13. The third-order valence-corrected chi connectivity index (χ3v) is 3.27. The second-order valence-electron chi connectivity index (χ2n) is 5.46. The molecule has 0 saturated heterocycles. The van der Waals surface area contributed by atoms with Crippen LogP contribution in [0, 0.1) is 5.82 Å². The van der Waals surface area contributed by atoms with Gasteiger partial charge < -0.3 is 15.0 Å². The number of carbonyl (C=O) groups is 2. The van der Waals surface area contributed by atoms with Gasteiger partial charge >= 0.3 is 5.97 Å². The lowest BCUT2D eigenvalue weighted by Gasteiger charge is -2.13. The molecule has 2 aromatic carbocycles. The average Bonchev–Trinajstić information content (AvgIpc) is 2.53. The molecule has 0 aliphatic carbocycles. The van der Waals surface area contributed by atoms with E-state index in [-0.39, 0.29) is 13.0 Å². The van der Waals surface area contributed by atoms with E-state index in [1.807, 2.05) is 31.1 Å². The number of ether oxygens (including phenoxy) is 1. The number of carbonyl (C=O) groups excluding carboxylic acids is 2. The number of halogens is 1. The Balaban J connectivity index is 1.79. The predicted octanol–water partition coefficient (Wildman–Crippen LogP) is 2.62. The van der Waals surface area contributed by atoms with Crippen molar-refractivity contribution >= 4 is 23.3 Å². The third kappa shape index (κ3) is 5.39. The maximum Gasteiger partial charge on any atom is 0.310 e. The van der Waals surface area contributed by atoms with Crippen molar-refractivity contribution in [2.75, 3.05) is 30.9 Å². The van der Waals surface area contributed by atoms with Crippen LogP contribution in [0.25, 0.3) is 0 Å². The molecule has 0 aromatic heterocycles. The highest BCUT2D eigenvalue weighted by atomic mass is 19.1. The highest BCUT2D eigenvalue weighted by Crippen LogP contribution is 2.15. The molecule has 6 heteroatoms. The molecule has 0 aliphatic heterocycles. The highest BCUT2D eigenvalue weighted by Gasteiger charge is 2.09. The summed E-state index contributed by atoms with van der Waals surface area (Å²) < 4.78 is 17.9. The van der Waals surface area contributed by atoms with Crippen LogP contribution in [0.5, 0.6) is 0 Å². The number of nitrogens with one attached hydrogen (secondary N) is 1. The van der Waals surface area contributed by atoms with E-state index >= 15 is 0 Å². The lowest BCUT2D eigenvalue weighted by molar-refractivity contribution is -0.146. The van der Waals surface area contributed by atoms with Crippen molar-refractivity contribution in [2.45, 2.75) is 6.42 Å². The zero-order valence-electron chi connectivity index (χ0n) is 13.6. The number of hydrogen-bond acceptors (Lipinski definition) is 4. The number of amides is 1. The molecule has 0 unspecified atom stereocenters. The summed E-state index contributed by atoms with van der Waals surface area (Å²) in [5, 5.41) is 2.64. The zero-order chi connectivity index (χ0) is 17.5. The lowest BCUT2D eigenvalue weighted by atomic mass is 10.1. The van der Waals surface area contributed by atoms with Crippen molar-refractivity contribution in [2.24, 2.45) is 0 Å². The van der Waals surface area contributed by atoms with E-state index in [1.165, 1.54) is 18.2 Å². The Morgan fingerprint density at radius 2 is 1.83 bits per heavy atom. The molecule has 0 spiro atoms. The molecule has 0 atom stereocenters. The Morgan fingerprint density at radius 3 is 2.46 bits per heavy atom. The van der Waals surface area contributed by atoms with Crippen LogP contribution >= 0.6 is 0 Å². The largest absolute Gasteiger partial charge is 0.455 e. The predicted molar refractivity (Wildman–Crippen MR) is 90.5 cm³/mol. The topological polar surface area (TPSA) is 58.6 Å². The standard InChI is InChI=1S/C18H19FN2O3/c1-21(2)16-8-6-15(7-9-16)20-17(22)12-24-18(23)11-13-4-3-5-14(19)10-13/h3-10H,11-12H2,1-2H3,(H,20,22). The summed E-state index contributed by atoms with van der Waals surface area (Å²) in [5.74, 6) is -1.43. The molecule has 2 aromatic rings. The summed E-state index contributed by atoms with van der Waals surface area (Å²) in [4.78, 5) is 25.4. The summed E-state index contributed by atoms with van der Waals surface area (Å²) in [7, 11) is 3.84. The van der Waals surface area contributed by atoms with Crippen LogP contribution in [0.2, 0.25) is 0 Å². The van der Waals surface area contributed by atoms with E-state index in [9.17, 15) is 14.0 Å². The first kappa shape index (κ1) is 17.5. The molecule has 0 aliphatic rings. The van der Waals surface area contributed by atoms with Gasteiger partial charge in [0.05, 0.1) is 6.42 Å². The minimum absolute atomic E-state index is 0.0808. The number of hydrogen-bond donors (Lipinski definition) is 1. The smallest absolute Gasteiger partial charge is 0.310 e. The van der Waals surface area contributed by atoms with E-state index in [2.05, 4.69) is 5.32 Å². The molecule has 2 rings (SSSR count). The van der Waals surface area contributed by atoms with Gasteiger partial charge in [0.15, 0.2) is 6.61 Å². The molecular formula is C18H19FN2O3. The quantitative estimate of drug-likeness (QED) is 0.827. The zero-order valence-corrected chi connectivity index (χ0v) is 13.6. The Labute approximate surface area is 140 Å². The van der Waals surface area contributed by atoms with Gasteiger partial charge in [0.1, 0.15) is 5.82 Å². The molecule has 1 N–H and O–H groups in total. The van der Waals surface area contributed by atoms with Crippen LogP contribution in [0.4, 0.5) is 15.8 Å². The molecule has 126 valence electrons. The van der Waals surface area contributed by atoms with Crippen LogP contribution in [0.1, 0.15) is 5.56 Å². The number of anilines is 2. The first-order valence-electron chi connectivity index (χ1n) is 7.41. The van der Waals surface area contributed by atoms with Crippen molar-refractivity contribution in [3.05, 3.63) is 59.9 Å². The van der Waals surface area contributed by atoms with Crippen molar-refractivity contribution in [1.29, 1.82) is 0 Å². The van der Waals surface area contributed by atoms with E-state index in [0.29, 0.717) is 11.3 Å². The first-order chi connectivity index (χ1) is 11.4. The molecule has 0 fully saturated rings. The lowest BCUT2D eigenvalue weighted by Crippen LogP contribution is -2.21. The number of esters is 1. The summed E-state index contributed by atoms with van der Waals surface area (Å²) in [6.45, 7) is -0.385. The van der Waals surface area contributed by atoms with Crippen molar-refractivity contribution in [1.82, 2.24) is 0 Å². The molecule has 5 nitrogen and oxygen atoms in total. The van der Waals surface area contributed by atoms with Crippen molar-refractivity contribution in [3.63, 3.8) is 0 Å². The monoisotopic (exact) mass is 330 g/mol. The summed E-state index contributed by atoms with van der Waals surface area (Å²) in [6.07, 6.45) is -0.0808. The van der Waals surface area contributed by atoms with Gasteiger partial charge in [0.2, 0.25) is 0 Å². The first-order valence-corrected chi connectivity index (χ1v) is 7.41. The fourth-order valence-electron chi connectivity index (χ4n) is 2.05. The van der Waals surface area contributed by atoms with Crippen LogP contribution in [-0.4, -0.2) is 32.6 Å². The minimum Gasteiger partial charge on any atom is -0.455 e. The van der Waals surface area contributed by atoms with E-state index in [1.54, 1.807) is 18.2 Å². The second kappa shape index (κ2) is 8.10. The Bertz CT molecular complexity index is 714. The highest BCUT2D eigenvalue weighted by molar-refractivity contribution is 5.93. The van der Waals surface area contributed by atoms with Gasteiger partial charge in [0.25, 0.3) is 5.91 Å². The van der Waals surface area contributed by atoms with Gasteiger partial charge in [-0.3, -0.25) is 9.59 Å². The van der Waals surface area contributed by atoms with Gasteiger partial charge in [-0.25, -0.2) is 4.39 Å². The van der Waals surface area contributed by atoms with Crippen LogP contribution in [0.3, 0.4) is 0 Å². The van der Waals surface area contributed by atoms with E-state index in [0.717, 1.165) is 5.69 Å². The van der Waals surface area contributed by atoms with E-state index in [4.69, 9.17) is 4.74 Å². The summed E-state index contributed by atoms with van der Waals surface area (Å²) in [6, 6.07) is 13.0. The molecule has 1 amide bonds. The Morgan fingerprint density at radius 1 is 1.12 bits per heavy atom. The van der Waals surface area contributed by atoms with Crippen molar-refractivity contribution in [3.8, 4) is 0 Å². The maximum absolute atomic E-state index is 13.0. The van der Waals surface area contributed by atoms with Crippen LogP contribution in [0.15, 0.2) is 48.5 Å². The van der Waals surface area contributed by atoms with E-state index < -0.39 is 17.7 Å². The second-order valence-corrected chi connectivity index (χ2v) is 5.46. The fourth-order valence-corrected chi connectivity index (χ4v) is 2.05. The van der Waals surface area contributed by atoms with Gasteiger partial charge in [-0.2, -0.15) is 0 Å².